The summed E-state index contributed by atoms with van der Waals surface area (Å²) in [6.45, 7) is 4.70. The molecular formula is C67H45NO2. The van der Waals surface area contributed by atoms with Gasteiger partial charge in [-0.3, -0.25) is 0 Å². The second kappa shape index (κ2) is 15.6. The van der Waals surface area contributed by atoms with Crippen LogP contribution in [-0.2, 0) is 5.41 Å². The van der Waals surface area contributed by atoms with Gasteiger partial charge in [0.2, 0.25) is 0 Å². The minimum atomic E-state index is -0.129. The number of benzene rings is 11. The predicted octanol–water partition coefficient (Wildman–Crippen LogP) is 19.1. The van der Waals surface area contributed by atoms with E-state index in [4.69, 9.17) is 8.83 Å². The maximum Gasteiger partial charge on any atom is 0.143 e. The Morgan fingerprint density at radius 1 is 0.300 bits per heavy atom. The van der Waals surface area contributed by atoms with Crippen LogP contribution in [0.5, 0.6) is 0 Å². The first-order chi connectivity index (χ1) is 34.5. The van der Waals surface area contributed by atoms with Gasteiger partial charge in [0.25, 0.3) is 0 Å². The van der Waals surface area contributed by atoms with Crippen LogP contribution in [0.25, 0.3) is 110 Å². The summed E-state index contributed by atoms with van der Waals surface area (Å²) in [5, 5.41) is 6.57. The molecule has 0 amide bonds. The molecule has 3 nitrogen and oxygen atoms in total. The summed E-state index contributed by atoms with van der Waals surface area (Å²) in [7, 11) is 0. The number of nitrogens with zero attached hydrogens (tertiary/aromatic N) is 1. The molecule has 0 fully saturated rings. The summed E-state index contributed by atoms with van der Waals surface area (Å²) in [5.74, 6) is 0. The molecule has 0 bridgehead atoms. The van der Waals surface area contributed by atoms with E-state index < -0.39 is 0 Å². The van der Waals surface area contributed by atoms with Gasteiger partial charge in [-0.25, -0.2) is 0 Å². The second-order valence-electron chi connectivity index (χ2n) is 19.2. The van der Waals surface area contributed by atoms with E-state index in [0.29, 0.717) is 0 Å². The van der Waals surface area contributed by atoms with Crippen molar-refractivity contribution >= 4 is 71.7 Å². The Hall–Kier alpha value is -8.92. The summed E-state index contributed by atoms with van der Waals surface area (Å²) in [4.78, 5) is 2.40. The van der Waals surface area contributed by atoms with Crippen LogP contribution in [0.2, 0.25) is 0 Å². The summed E-state index contributed by atoms with van der Waals surface area (Å²) >= 11 is 0. The number of hydrogen-bond donors (Lipinski definition) is 0. The lowest BCUT2D eigenvalue weighted by molar-refractivity contribution is 0.660. The van der Waals surface area contributed by atoms with E-state index >= 15 is 0 Å². The van der Waals surface area contributed by atoms with Crippen molar-refractivity contribution in [3.8, 4) is 55.6 Å². The third-order valence-electron chi connectivity index (χ3n) is 14.9. The van der Waals surface area contributed by atoms with Gasteiger partial charge in [-0.05, 0) is 110 Å². The molecule has 13 aromatic rings. The van der Waals surface area contributed by atoms with Gasteiger partial charge in [0.05, 0.1) is 0 Å². The number of para-hydroxylation sites is 2. The Bertz CT molecular complexity index is 4180. The monoisotopic (exact) mass is 895 g/mol. The fraction of sp³-hybridized carbons (Fsp3) is 0.0448. The van der Waals surface area contributed by atoms with Gasteiger partial charge in [0, 0.05) is 60.5 Å². The van der Waals surface area contributed by atoms with Gasteiger partial charge in [0.1, 0.15) is 22.3 Å². The second-order valence-corrected chi connectivity index (χ2v) is 19.2. The average molecular weight is 896 g/mol. The molecule has 11 aromatic carbocycles. The fourth-order valence-corrected chi connectivity index (χ4v) is 11.5. The van der Waals surface area contributed by atoms with Crippen molar-refractivity contribution in [1.29, 1.82) is 0 Å². The highest BCUT2D eigenvalue weighted by Gasteiger charge is 2.36. The first-order valence-electron chi connectivity index (χ1n) is 24.2. The molecule has 2 aromatic heterocycles. The van der Waals surface area contributed by atoms with Gasteiger partial charge < -0.3 is 13.7 Å². The maximum atomic E-state index is 6.96. The molecule has 2 heterocycles. The smallest absolute Gasteiger partial charge is 0.143 e. The molecule has 0 atom stereocenters. The highest BCUT2D eigenvalue weighted by molar-refractivity contribution is 6.24. The van der Waals surface area contributed by atoms with E-state index in [1.807, 2.05) is 0 Å². The summed E-state index contributed by atoms with van der Waals surface area (Å²) < 4.78 is 13.8. The van der Waals surface area contributed by atoms with Crippen molar-refractivity contribution in [3.63, 3.8) is 0 Å². The van der Waals surface area contributed by atoms with Crippen LogP contribution < -0.4 is 4.90 Å². The third kappa shape index (κ3) is 6.15. The fourth-order valence-electron chi connectivity index (χ4n) is 11.5. The molecule has 70 heavy (non-hydrogen) atoms. The number of furan rings is 2. The van der Waals surface area contributed by atoms with Gasteiger partial charge in [-0.2, -0.15) is 0 Å². The SMILES string of the molecule is CC1(C)c2ccccc2-c2ccc(N(c3ccc(-c4ccccc4)cc3)c3ccc(-c4cc5c(oc6cccc(-c7cccc8c7oc7c(-c9ccccc9)cccc78)c65)c5ccccc45)cc3)cc21. The zero-order valence-electron chi connectivity index (χ0n) is 38.8. The number of rotatable bonds is 7. The normalized spacial score (nSPS) is 12.8. The van der Waals surface area contributed by atoms with Crippen LogP contribution in [0.15, 0.2) is 245 Å². The number of anilines is 3. The minimum Gasteiger partial charge on any atom is -0.455 e. The van der Waals surface area contributed by atoms with Gasteiger partial charge in [-0.15, -0.1) is 0 Å². The van der Waals surface area contributed by atoms with Gasteiger partial charge in [-0.1, -0.05) is 202 Å². The highest BCUT2D eigenvalue weighted by Crippen LogP contribution is 2.51. The molecule has 0 unspecified atom stereocenters. The van der Waals surface area contributed by atoms with Crippen molar-refractivity contribution in [1.82, 2.24) is 0 Å². The van der Waals surface area contributed by atoms with Crippen molar-refractivity contribution in [2.75, 3.05) is 4.90 Å². The minimum absolute atomic E-state index is 0.129. The first kappa shape index (κ1) is 40.2. The predicted molar refractivity (Wildman–Crippen MR) is 292 cm³/mol. The lowest BCUT2D eigenvalue weighted by Crippen LogP contribution is -2.16. The van der Waals surface area contributed by atoms with E-state index in [2.05, 4.69) is 255 Å². The zero-order chi connectivity index (χ0) is 46.5. The van der Waals surface area contributed by atoms with Gasteiger partial charge >= 0.3 is 0 Å². The Morgan fingerprint density at radius 2 is 0.800 bits per heavy atom. The standard InChI is InChI=1S/C67H45NO2/c1-67(2)60-28-12-11-21-51(60)52-39-38-48(40-61(52)67)68(46-34-30-43(31-35-46)42-16-5-3-6-17-42)47-36-32-45(33-37-47)58-41-59-63-53(24-15-29-62(63)69-66(59)54-22-10-9-20-50(54)58)55-25-14-27-57-56-26-13-23-49(64(56)70-65(55)57)44-18-7-4-8-19-44/h3-41H,1-2H3. The van der Waals surface area contributed by atoms with Crippen LogP contribution in [0.1, 0.15) is 25.0 Å². The van der Waals surface area contributed by atoms with Crippen LogP contribution >= 0.6 is 0 Å². The van der Waals surface area contributed by atoms with E-state index in [1.165, 1.54) is 33.4 Å². The van der Waals surface area contributed by atoms with Crippen molar-refractivity contribution in [2.24, 2.45) is 0 Å². The lowest BCUT2D eigenvalue weighted by atomic mass is 9.82. The Morgan fingerprint density at radius 3 is 1.54 bits per heavy atom. The molecule has 1 aliphatic rings. The summed E-state index contributed by atoms with van der Waals surface area (Å²) in [6, 6.07) is 85.4. The van der Waals surface area contributed by atoms with Crippen LogP contribution in [0.4, 0.5) is 17.1 Å². The average Bonchev–Trinajstić information content (AvgIpc) is 4.07. The molecular weight excluding hydrogens is 851 g/mol. The maximum absolute atomic E-state index is 6.96. The molecule has 0 radical (unpaired) electrons. The summed E-state index contributed by atoms with van der Waals surface area (Å²) in [5.41, 5.74) is 21.0. The number of fused-ring (bicyclic) bond motifs is 11. The topological polar surface area (TPSA) is 29.5 Å². The molecule has 14 rings (SSSR count). The molecule has 0 N–H and O–H groups in total. The van der Waals surface area contributed by atoms with Crippen molar-refractivity contribution < 1.29 is 8.83 Å². The van der Waals surface area contributed by atoms with Crippen LogP contribution in [-0.4, -0.2) is 0 Å². The van der Waals surface area contributed by atoms with E-state index in [9.17, 15) is 0 Å². The Kier molecular flexibility index (Phi) is 8.93. The van der Waals surface area contributed by atoms with E-state index in [0.717, 1.165) is 105 Å². The number of hydrogen-bond acceptors (Lipinski definition) is 3. The van der Waals surface area contributed by atoms with Crippen molar-refractivity contribution in [2.45, 2.75) is 19.3 Å². The molecule has 0 saturated carbocycles. The van der Waals surface area contributed by atoms with E-state index in [-0.39, 0.29) is 5.41 Å². The molecule has 330 valence electrons. The lowest BCUT2D eigenvalue weighted by Gasteiger charge is -2.28. The highest BCUT2D eigenvalue weighted by atomic mass is 16.3. The molecule has 3 heteroatoms. The van der Waals surface area contributed by atoms with Crippen LogP contribution in [0, 0.1) is 0 Å². The van der Waals surface area contributed by atoms with Crippen molar-refractivity contribution in [3.05, 3.63) is 248 Å². The largest absolute Gasteiger partial charge is 0.455 e. The summed E-state index contributed by atoms with van der Waals surface area (Å²) in [6.07, 6.45) is 0. The molecule has 1 aliphatic carbocycles. The first-order valence-corrected chi connectivity index (χ1v) is 24.2. The Balaban J connectivity index is 0.916. The van der Waals surface area contributed by atoms with E-state index in [1.54, 1.807) is 0 Å². The molecule has 0 aliphatic heterocycles. The van der Waals surface area contributed by atoms with Gasteiger partial charge in [0.15, 0.2) is 0 Å². The van der Waals surface area contributed by atoms with Crippen LogP contribution in [0.3, 0.4) is 0 Å². The molecule has 0 spiro atoms. The zero-order valence-corrected chi connectivity index (χ0v) is 38.8. The molecule has 0 saturated heterocycles. The Labute approximate surface area is 406 Å². The third-order valence-corrected chi connectivity index (χ3v) is 14.9. The quantitative estimate of drug-likeness (QED) is 0.160.